The monoisotopic (exact) mass is 619 g/mol. The number of nitrogens with zero attached hydrogens (tertiary/aromatic N) is 3. The molecule has 14 heteroatoms. The smallest absolute Gasteiger partial charge is 0.414 e. The first-order valence-electron chi connectivity index (χ1n) is 13.3. The number of carbonyl (C=O) groups is 2. The molecule has 0 saturated carbocycles. The van der Waals surface area contributed by atoms with Crippen LogP contribution in [0.15, 0.2) is 30.5 Å². The lowest BCUT2D eigenvalue weighted by Crippen LogP contribution is -2.40. The molecule has 2 rings (SSSR count). The van der Waals surface area contributed by atoms with Crippen molar-refractivity contribution in [3.8, 4) is 0 Å². The molecular formula is C26H40ClN3O8P2. The van der Waals surface area contributed by atoms with Crippen molar-refractivity contribution in [2.24, 2.45) is 0 Å². The van der Waals surface area contributed by atoms with Crippen molar-refractivity contribution in [2.45, 2.75) is 64.3 Å². The molecule has 224 valence electrons. The molecular weight excluding hydrogens is 580 g/mol. The second kappa shape index (κ2) is 15.4. The van der Waals surface area contributed by atoms with Crippen molar-refractivity contribution >= 4 is 55.0 Å². The Morgan fingerprint density at radius 3 is 2.38 bits per heavy atom. The molecule has 40 heavy (non-hydrogen) atoms. The quantitative estimate of drug-likeness (QED) is 0.162. The van der Waals surface area contributed by atoms with E-state index in [9.17, 15) is 33.4 Å². The molecule has 0 radical (unpaired) electrons. The molecule has 1 amide bonds. The third-order valence-corrected chi connectivity index (χ3v) is 11.4. The number of halogens is 1. The maximum Gasteiger partial charge on any atom is 0.414 e. The Balaban J connectivity index is 2.13. The van der Waals surface area contributed by atoms with E-state index >= 15 is 0 Å². The first kappa shape index (κ1) is 34.4. The summed E-state index contributed by atoms with van der Waals surface area (Å²) < 4.78 is 29.0. The minimum Gasteiger partial charge on any atom is -0.449 e. The largest absolute Gasteiger partial charge is 0.449 e. The van der Waals surface area contributed by atoms with Crippen LogP contribution in [0.1, 0.15) is 52.9 Å². The highest BCUT2D eigenvalue weighted by Gasteiger charge is 2.41. The van der Waals surface area contributed by atoms with Gasteiger partial charge in [0.2, 0.25) is 7.37 Å². The second-order valence-corrected chi connectivity index (χ2v) is 15.0. The number of amides is 1. The van der Waals surface area contributed by atoms with Crippen LogP contribution >= 0.6 is 26.6 Å². The number of anilines is 1. The molecule has 3 unspecified atom stereocenters. The van der Waals surface area contributed by atoms with Crippen molar-refractivity contribution in [2.75, 3.05) is 37.8 Å². The summed E-state index contributed by atoms with van der Waals surface area (Å²) in [5.74, 6) is -0.598. The molecule has 0 aliphatic rings. The van der Waals surface area contributed by atoms with Gasteiger partial charge in [-0.3, -0.25) is 23.8 Å². The molecule has 11 nitrogen and oxygen atoms in total. The Hall–Kier alpha value is -1.84. The van der Waals surface area contributed by atoms with Crippen LogP contribution in [0, 0.1) is 0 Å². The SMILES string of the molecule is CCN(CC)CCCC(C)N(C(=O)OCCCC(=O)CC(P(C)(=O)O)P(=O)(O)O)c1ccnc2cc(Cl)ccc12. The second-order valence-electron chi connectivity index (χ2n) is 9.85. The normalized spacial score (nSPS) is 15.0. The highest BCUT2D eigenvalue weighted by Crippen LogP contribution is 2.61. The topological polar surface area (TPSA) is 158 Å². The molecule has 1 aromatic heterocycles. The fraction of sp³-hybridized carbons (Fsp3) is 0.577. The van der Waals surface area contributed by atoms with Crippen LogP contribution in [-0.4, -0.2) is 80.8 Å². The van der Waals surface area contributed by atoms with Gasteiger partial charge in [-0.15, -0.1) is 0 Å². The Morgan fingerprint density at radius 2 is 1.77 bits per heavy atom. The van der Waals surface area contributed by atoms with Crippen molar-refractivity contribution in [1.29, 1.82) is 0 Å². The maximum atomic E-state index is 13.4. The number of Topliss-reactive ketones (excluding diaryl/α,β-unsaturated/α-hetero) is 1. The summed E-state index contributed by atoms with van der Waals surface area (Å²) in [5.41, 5.74) is 1.24. The van der Waals surface area contributed by atoms with Gasteiger partial charge in [0.15, 0.2) is 0 Å². The molecule has 0 spiro atoms. The minimum atomic E-state index is -4.95. The fourth-order valence-corrected chi connectivity index (χ4v) is 7.87. The lowest BCUT2D eigenvalue weighted by molar-refractivity contribution is -0.119. The van der Waals surface area contributed by atoms with Crippen molar-refractivity contribution in [1.82, 2.24) is 9.88 Å². The van der Waals surface area contributed by atoms with E-state index in [4.69, 9.17) is 16.3 Å². The Kier molecular flexibility index (Phi) is 13.2. The molecule has 0 saturated heterocycles. The van der Waals surface area contributed by atoms with Gasteiger partial charge in [-0.25, -0.2) is 4.79 Å². The van der Waals surface area contributed by atoms with E-state index in [2.05, 4.69) is 23.7 Å². The van der Waals surface area contributed by atoms with Crippen LogP contribution in [-0.2, 0) is 18.7 Å². The maximum absolute atomic E-state index is 13.4. The number of carbonyl (C=O) groups excluding carboxylic acids is 2. The average Bonchev–Trinajstić information content (AvgIpc) is 2.86. The van der Waals surface area contributed by atoms with E-state index < -0.39 is 38.7 Å². The highest BCUT2D eigenvalue weighted by molar-refractivity contribution is 7.73. The van der Waals surface area contributed by atoms with Crippen molar-refractivity contribution < 1.29 is 38.1 Å². The lowest BCUT2D eigenvalue weighted by atomic mass is 10.1. The van der Waals surface area contributed by atoms with Crippen LogP contribution in [0.4, 0.5) is 10.5 Å². The van der Waals surface area contributed by atoms with Gasteiger partial charge in [-0.1, -0.05) is 25.4 Å². The summed E-state index contributed by atoms with van der Waals surface area (Å²) in [6.45, 7) is 9.62. The van der Waals surface area contributed by atoms with Crippen molar-refractivity contribution in [3.05, 3.63) is 35.5 Å². The predicted molar refractivity (Wildman–Crippen MR) is 158 cm³/mol. The van der Waals surface area contributed by atoms with Gasteiger partial charge < -0.3 is 24.3 Å². The summed E-state index contributed by atoms with van der Waals surface area (Å²) in [7, 11) is -9.15. The fourth-order valence-electron chi connectivity index (χ4n) is 4.48. The van der Waals surface area contributed by atoms with Crippen LogP contribution in [0.2, 0.25) is 5.02 Å². The highest BCUT2D eigenvalue weighted by atomic mass is 35.5. The molecule has 1 aromatic carbocycles. The van der Waals surface area contributed by atoms with E-state index in [-0.39, 0.29) is 25.5 Å². The summed E-state index contributed by atoms with van der Waals surface area (Å²) in [5, 5.41) is -0.702. The Morgan fingerprint density at radius 1 is 1.10 bits per heavy atom. The zero-order valence-corrected chi connectivity index (χ0v) is 25.9. The molecule has 0 aliphatic heterocycles. The molecule has 2 aromatic rings. The first-order chi connectivity index (χ1) is 18.7. The number of aromatic nitrogens is 1. The van der Waals surface area contributed by atoms with Crippen LogP contribution in [0.3, 0.4) is 0 Å². The van der Waals surface area contributed by atoms with Gasteiger partial charge in [-0.05, 0) is 70.1 Å². The number of rotatable bonds is 16. The third-order valence-electron chi connectivity index (χ3n) is 6.75. The van der Waals surface area contributed by atoms with Gasteiger partial charge >= 0.3 is 13.7 Å². The summed E-state index contributed by atoms with van der Waals surface area (Å²) in [6, 6.07) is 6.75. The Bertz CT molecular complexity index is 1230. The van der Waals surface area contributed by atoms with E-state index in [0.29, 0.717) is 22.6 Å². The molecule has 3 N–H and O–H groups in total. The number of ketones is 1. The summed E-state index contributed by atoms with van der Waals surface area (Å²) in [6.07, 6.45) is 1.76. The number of pyridine rings is 1. The number of benzene rings is 1. The van der Waals surface area contributed by atoms with Crippen LogP contribution in [0.25, 0.3) is 10.9 Å². The Labute approximate surface area is 240 Å². The number of hydrogen-bond acceptors (Lipinski definition) is 7. The van der Waals surface area contributed by atoms with E-state index in [1.165, 1.54) is 0 Å². The predicted octanol–water partition coefficient (Wildman–Crippen LogP) is 5.49. The summed E-state index contributed by atoms with van der Waals surface area (Å²) in [4.78, 5) is 62.3. The van der Waals surface area contributed by atoms with E-state index in [1.807, 2.05) is 6.92 Å². The number of hydrogen-bond donors (Lipinski definition) is 3. The number of fused-ring (bicyclic) bond motifs is 1. The van der Waals surface area contributed by atoms with E-state index in [1.54, 1.807) is 35.4 Å². The van der Waals surface area contributed by atoms with Gasteiger partial charge in [0.25, 0.3) is 0 Å². The average molecular weight is 620 g/mol. The molecule has 0 fully saturated rings. The standard InChI is InChI=1S/C26H40ClN3O8P2/c1-5-29(6-2)15-7-9-19(3)30(24-13-14-28-23-17-20(27)11-12-22(23)24)26(32)38-16-8-10-21(31)18-25(39(4,33)34)40(35,36)37/h11-14,17,19,25H,5-10,15-16,18H2,1-4H3,(H,33,34)(H2,35,36,37). The lowest BCUT2D eigenvalue weighted by Gasteiger charge is -2.30. The first-order valence-corrected chi connectivity index (χ1v) is 17.5. The third kappa shape index (κ3) is 10.2. The minimum absolute atomic E-state index is 0.0920. The van der Waals surface area contributed by atoms with Gasteiger partial charge in [0, 0.05) is 42.2 Å². The molecule has 1 heterocycles. The van der Waals surface area contributed by atoms with Crippen LogP contribution < -0.4 is 4.90 Å². The van der Waals surface area contributed by atoms with E-state index in [0.717, 1.165) is 38.1 Å². The zero-order chi connectivity index (χ0) is 30.1. The van der Waals surface area contributed by atoms with Gasteiger partial charge in [0.05, 0.1) is 17.8 Å². The van der Waals surface area contributed by atoms with Crippen LogP contribution in [0.5, 0.6) is 0 Å². The molecule has 0 aliphatic carbocycles. The molecule has 0 bridgehead atoms. The number of ether oxygens (including phenoxy) is 1. The van der Waals surface area contributed by atoms with Gasteiger partial charge in [0.1, 0.15) is 11.2 Å². The van der Waals surface area contributed by atoms with Crippen molar-refractivity contribution in [3.63, 3.8) is 0 Å². The zero-order valence-electron chi connectivity index (χ0n) is 23.4. The summed E-state index contributed by atoms with van der Waals surface area (Å²) >= 11 is 6.14. The van der Waals surface area contributed by atoms with Gasteiger partial charge in [-0.2, -0.15) is 0 Å². The molecule has 3 atom stereocenters.